The van der Waals surface area contributed by atoms with Crippen LogP contribution in [0.1, 0.15) is 0 Å². The molecule has 0 spiro atoms. The molecule has 2 heteroatoms. The molecule has 104 valence electrons. The van der Waals surface area contributed by atoms with Crippen LogP contribution in [0.4, 0.5) is 0 Å². The van der Waals surface area contributed by atoms with Gasteiger partial charge in [-0.2, -0.15) is 0 Å². The van der Waals surface area contributed by atoms with E-state index in [1.54, 1.807) is 0 Å². The van der Waals surface area contributed by atoms with E-state index in [2.05, 4.69) is 114 Å². The monoisotopic (exact) mass is 400 g/mol. The molecular weight excluding hydrogens is 383 g/mol. The maximum Gasteiger partial charge on any atom is 0.157 e. The summed E-state index contributed by atoms with van der Waals surface area (Å²) >= 11 is 2.57. The van der Waals surface area contributed by atoms with Crippen LogP contribution in [-0.4, -0.2) is 12.1 Å². The predicted molar refractivity (Wildman–Crippen MR) is 103 cm³/mol. The molecule has 0 aliphatic heterocycles. The number of halogens is 1. The van der Waals surface area contributed by atoms with Crippen molar-refractivity contribution >= 4 is 46.2 Å². The van der Waals surface area contributed by atoms with Crippen molar-refractivity contribution in [2.45, 2.75) is 0 Å². The van der Waals surface area contributed by atoms with Crippen LogP contribution in [0.25, 0.3) is 0 Å². The number of rotatable bonds is 4. The lowest BCUT2D eigenvalue weighted by atomic mass is 10.3. The maximum atomic E-state index is 2.57. The Kier molecular flexibility index (Phi) is 4.56. The zero-order valence-corrected chi connectivity index (χ0v) is 14.9. The van der Waals surface area contributed by atoms with Crippen molar-refractivity contribution < 1.29 is 0 Å². The summed E-state index contributed by atoms with van der Waals surface area (Å²) in [6.07, 6.45) is 0. The van der Waals surface area contributed by atoms with E-state index >= 15 is 0 Å². The highest BCUT2D eigenvalue weighted by Crippen LogP contribution is 2.10. The van der Waals surface area contributed by atoms with E-state index in [1.165, 1.54) is 15.6 Å². The number of benzene rings is 3. The second-order valence-corrected chi connectivity index (χ2v) is 11.2. The molecule has 0 N–H and O–H groups in total. The number of alkyl halides is 1. The average Bonchev–Trinajstić information content (AvgIpc) is 2.59. The Balaban J connectivity index is 2.29. The highest BCUT2D eigenvalue weighted by molar-refractivity contribution is 14.1. The normalized spacial score (nSPS) is 11.3. The fourth-order valence-electron chi connectivity index (χ4n) is 2.90. The molecule has 0 atom stereocenters. The van der Waals surface area contributed by atoms with Crippen LogP contribution < -0.4 is 15.6 Å². The van der Waals surface area contributed by atoms with Gasteiger partial charge in [0.15, 0.2) is 8.07 Å². The van der Waals surface area contributed by atoms with E-state index in [0.29, 0.717) is 0 Å². The van der Waals surface area contributed by atoms with Crippen LogP contribution in [0.5, 0.6) is 0 Å². The summed E-state index contributed by atoms with van der Waals surface area (Å²) in [7, 11) is -1.91. The second kappa shape index (κ2) is 6.58. The summed E-state index contributed by atoms with van der Waals surface area (Å²) in [5.74, 6) is 0. The summed E-state index contributed by atoms with van der Waals surface area (Å²) in [5.41, 5.74) is 0. The maximum absolute atomic E-state index is 2.57. The predicted octanol–water partition coefficient (Wildman–Crippen LogP) is 3.13. The quantitative estimate of drug-likeness (QED) is 0.273. The van der Waals surface area contributed by atoms with E-state index in [0.717, 1.165) is 4.05 Å². The van der Waals surface area contributed by atoms with E-state index in [1.807, 2.05) is 0 Å². The fourth-order valence-corrected chi connectivity index (χ4v) is 10.6. The van der Waals surface area contributed by atoms with E-state index in [9.17, 15) is 0 Å². The molecule has 0 aliphatic rings. The molecule has 0 nitrogen and oxygen atoms in total. The average molecular weight is 400 g/mol. The smallest absolute Gasteiger partial charge is 0.0887 e. The third-order valence-corrected chi connectivity index (χ3v) is 11.8. The van der Waals surface area contributed by atoms with Gasteiger partial charge in [0.25, 0.3) is 0 Å². The minimum absolute atomic E-state index is 1.14. The molecule has 0 fully saturated rings. The Bertz CT molecular complexity index is 584. The molecule has 3 aromatic rings. The summed E-state index contributed by atoms with van der Waals surface area (Å²) in [4.78, 5) is 0. The van der Waals surface area contributed by atoms with E-state index in [4.69, 9.17) is 0 Å². The van der Waals surface area contributed by atoms with Gasteiger partial charge in [0.2, 0.25) is 0 Å². The van der Waals surface area contributed by atoms with Gasteiger partial charge in [-0.3, -0.25) is 0 Å². The Morgan fingerprint density at radius 3 is 1.05 bits per heavy atom. The third kappa shape index (κ3) is 2.70. The van der Waals surface area contributed by atoms with Crippen LogP contribution in [-0.2, 0) is 0 Å². The molecule has 3 rings (SSSR count). The van der Waals surface area contributed by atoms with Gasteiger partial charge in [0.05, 0.1) is 0 Å². The Labute approximate surface area is 141 Å². The van der Waals surface area contributed by atoms with Gasteiger partial charge < -0.3 is 0 Å². The Hall–Kier alpha value is -1.39. The molecule has 0 amide bonds. The summed E-state index contributed by atoms with van der Waals surface area (Å²) in [5, 5.41) is 4.45. The van der Waals surface area contributed by atoms with Crippen molar-refractivity contribution in [2.24, 2.45) is 0 Å². The molecular formula is C19H17ISi. The molecule has 0 radical (unpaired) electrons. The molecule has 0 aliphatic carbocycles. The van der Waals surface area contributed by atoms with E-state index < -0.39 is 8.07 Å². The Morgan fingerprint density at radius 1 is 0.524 bits per heavy atom. The molecule has 21 heavy (non-hydrogen) atoms. The highest BCUT2D eigenvalue weighted by Gasteiger charge is 2.37. The van der Waals surface area contributed by atoms with Crippen LogP contribution in [0.3, 0.4) is 0 Å². The molecule has 3 aromatic carbocycles. The first-order chi connectivity index (χ1) is 10.4. The van der Waals surface area contributed by atoms with Crippen LogP contribution in [0.2, 0.25) is 0 Å². The van der Waals surface area contributed by atoms with Gasteiger partial charge in [-0.25, -0.2) is 0 Å². The van der Waals surface area contributed by atoms with Crippen molar-refractivity contribution in [3.05, 3.63) is 91.0 Å². The molecule has 0 bridgehead atoms. The summed E-state index contributed by atoms with van der Waals surface area (Å²) in [6.45, 7) is 0. The van der Waals surface area contributed by atoms with Crippen LogP contribution in [0.15, 0.2) is 91.0 Å². The van der Waals surface area contributed by atoms with Crippen molar-refractivity contribution in [2.75, 3.05) is 4.05 Å². The van der Waals surface area contributed by atoms with Crippen molar-refractivity contribution in [1.82, 2.24) is 0 Å². The van der Waals surface area contributed by atoms with Crippen molar-refractivity contribution in [3.63, 3.8) is 0 Å². The zero-order chi connectivity index (χ0) is 14.5. The minimum Gasteiger partial charge on any atom is -0.0887 e. The molecule has 0 unspecified atom stereocenters. The van der Waals surface area contributed by atoms with Gasteiger partial charge >= 0.3 is 0 Å². The highest BCUT2D eigenvalue weighted by atomic mass is 127. The fraction of sp³-hybridized carbons (Fsp3) is 0.0526. The van der Waals surface area contributed by atoms with Crippen LogP contribution in [0, 0.1) is 0 Å². The summed E-state index contributed by atoms with van der Waals surface area (Å²) in [6, 6.07) is 33.1. The molecule has 0 saturated heterocycles. The van der Waals surface area contributed by atoms with E-state index in [-0.39, 0.29) is 0 Å². The van der Waals surface area contributed by atoms with Gasteiger partial charge in [-0.05, 0) is 15.6 Å². The van der Waals surface area contributed by atoms with Crippen molar-refractivity contribution in [1.29, 1.82) is 0 Å². The first-order valence-electron chi connectivity index (χ1n) is 7.10. The van der Waals surface area contributed by atoms with Gasteiger partial charge in [0, 0.05) is 4.05 Å². The zero-order valence-electron chi connectivity index (χ0n) is 11.7. The first kappa shape index (κ1) is 14.5. The molecule has 0 aromatic heterocycles. The topological polar surface area (TPSA) is 0 Å². The number of hydrogen-bond donors (Lipinski definition) is 0. The van der Waals surface area contributed by atoms with Crippen LogP contribution >= 0.6 is 22.6 Å². The first-order valence-corrected chi connectivity index (χ1v) is 10.8. The lowest BCUT2D eigenvalue weighted by molar-refractivity contribution is 1.66. The van der Waals surface area contributed by atoms with Gasteiger partial charge in [-0.1, -0.05) is 114 Å². The largest absolute Gasteiger partial charge is 0.157 e. The molecule has 0 heterocycles. The molecule has 0 saturated carbocycles. The third-order valence-electron chi connectivity index (χ3n) is 4.00. The van der Waals surface area contributed by atoms with Gasteiger partial charge in [-0.15, -0.1) is 0 Å². The van der Waals surface area contributed by atoms with Gasteiger partial charge in [0.1, 0.15) is 0 Å². The minimum atomic E-state index is -1.91. The lowest BCUT2D eigenvalue weighted by Gasteiger charge is -2.31. The second-order valence-electron chi connectivity index (χ2n) is 5.14. The Morgan fingerprint density at radius 2 is 0.810 bits per heavy atom. The lowest BCUT2D eigenvalue weighted by Crippen LogP contribution is -2.68. The van der Waals surface area contributed by atoms with Crippen molar-refractivity contribution in [3.8, 4) is 0 Å². The standard InChI is InChI=1S/C19H17ISi/c20-16-21(17-10-4-1-5-11-17,18-12-6-2-7-13-18)19-14-8-3-9-15-19/h1-15H,16H2. The summed E-state index contributed by atoms with van der Waals surface area (Å²) < 4.78 is 1.14. The number of hydrogen-bond acceptors (Lipinski definition) is 0. The SMILES string of the molecule is IC[Si](c1ccccc1)(c1ccccc1)c1ccccc1.